The number of nitrogens with two attached hydrogens (primary N) is 1. The van der Waals surface area contributed by atoms with E-state index in [-0.39, 0.29) is 11.5 Å². The lowest BCUT2D eigenvalue weighted by Crippen LogP contribution is -2.11. The molecule has 2 aromatic rings. The van der Waals surface area contributed by atoms with E-state index in [0.717, 1.165) is 0 Å². The van der Waals surface area contributed by atoms with Crippen LogP contribution in [0.25, 0.3) is 10.9 Å². The molecule has 3 N–H and O–H groups in total. The van der Waals surface area contributed by atoms with Crippen LogP contribution in [-0.4, -0.2) is 14.9 Å². The third-order valence-corrected chi connectivity index (χ3v) is 2.15. The number of benzene rings is 1. The first kappa shape index (κ1) is 10.2. The second kappa shape index (κ2) is 3.70. The van der Waals surface area contributed by atoms with E-state index in [0.29, 0.717) is 16.7 Å². The van der Waals surface area contributed by atoms with Gasteiger partial charge in [-0.15, -0.1) is 0 Å². The number of hydrogen-bond donors (Lipinski definition) is 2. The number of nitro benzene ring substituents is 1. The van der Waals surface area contributed by atoms with Gasteiger partial charge >= 0.3 is 0 Å². The van der Waals surface area contributed by atoms with Gasteiger partial charge in [0, 0.05) is 6.07 Å². The quantitative estimate of drug-likeness (QED) is 0.445. The fourth-order valence-corrected chi connectivity index (χ4v) is 1.54. The summed E-state index contributed by atoms with van der Waals surface area (Å²) in [7, 11) is 0. The maximum atomic E-state index is 10.8. The Morgan fingerprint density at radius 1 is 1.44 bits per heavy atom. The van der Waals surface area contributed by atoms with Crippen LogP contribution in [0.2, 0.25) is 0 Å². The highest BCUT2D eigenvalue weighted by atomic mass is 16.6. The SMILES string of the molecule is Cc1nc(NN)c2c([N+](=O)[O-])cccc2n1. The molecule has 0 radical (unpaired) electrons. The van der Waals surface area contributed by atoms with Crippen LogP contribution in [0.15, 0.2) is 18.2 Å². The Morgan fingerprint density at radius 3 is 2.81 bits per heavy atom. The highest BCUT2D eigenvalue weighted by Gasteiger charge is 2.17. The third kappa shape index (κ3) is 1.52. The minimum atomic E-state index is -0.484. The fourth-order valence-electron chi connectivity index (χ4n) is 1.54. The van der Waals surface area contributed by atoms with Crippen LogP contribution >= 0.6 is 0 Å². The van der Waals surface area contributed by atoms with Crippen molar-refractivity contribution in [3.05, 3.63) is 34.1 Å². The maximum Gasteiger partial charge on any atom is 0.282 e. The van der Waals surface area contributed by atoms with Gasteiger partial charge in [-0.2, -0.15) is 0 Å². The number of anilines is 1. The molecular weight excluding hydrogens is 210 g/mol. The summed E-state index contributed by atoms with van der Waals surface area (Å²) < 4.78 is 0. The van der Waals surface area contributed by atoms with Gasteiger partial charge in [0.25, 0.3) is 5.69 Å². The number of hydrogen-bond acceptors (Lipinski definition) is 6. The molecule has 1 heterocycles. The average Bonchev–Trinajstić information content (AvgIpc) is 2.26. The molecule has 0 unspecified atom stereocenters. The van der Waals surface area contributed by atoms with Crippen molar-refractivity contribution in [3.63, 3.8) is 0 Å². The van der Waals surface area contributed by atoms with Crippen LogP contribution in [0.5, 0.6) is 0 Å². The van der Waals surface area contributed by atoms with Gasteiger partial charge < -0.3 is 5.43 Å². The lowest BCUT2D eigenvalue weighted by atomic mass is 10.2. The van der Waals surface area contributed by atoms with Crippen molar-refractivity contribution in [2.75, 3.05) is 5.43 Å². The molecule has 7 nitrogen and oxygen atoms in total. The van der Waals surface area contributed by atoms with Gasteiger partial charge in [-0.25, -0.2) is 15.8 Å². The van der Waals surface area contributed by atoms with E-state index in [2.05, 4.69) is 15.4 Å². The molecule has 0 saturated heterocycles. The minimum absolute atomic E-state index is 0.0644. The predicted octanol–water partition coefficient (Wildman–Crippen LogP) is 1.13. The second-order valence-electron chi connectivity index (χ2n) is 3.19. The van der Waals surface area contributed by atoms with Gasteiger partial charge in [0.2, 0.25) is 0 Å². The Hall–Kier alpha value is -2.28. The Morgan fingerprint density at radius 2 is 2.19 bits per heavy atom. The topological polar surface area (TPSA) is 107 Å². The van der Waals surface area contributed by atoms with Crippen molar-refractivity contribution in [2.24, 2.45) is 5.84 Å². The number of fused-ring (bicyclic) bond motifs is 1. The number of aryl methyl sites for hydroxylation is 1. The zero-order chi connectivity index (χ0) is 11.7. The van der Waals surface area contributed by atoms with E-state index in [1.54, 1.807) is 19.1 Å². The van der Waals surface area contributed by atoms with Crippen LogP contribution in [0.3, 0.4) is 0 Å². The van der Waals surface area contributed by atoms with Crippen molar-refractivity contribution in [1.29, 1.82) is 0 Å². The molecule has 0 aliphatic rings. The first-order chi connectivity index (χ1) is 7.63. The normalized spacial score (nSPS) is 10.4. The first-order valence-corrected chi connectivity index (χ1v) is 4.52. The van der Waals surface area contributed by atoms with E-state index in [1.807, 2.05) is 0 Å². The highest BCUT2D eigenvalue weighted by molar-refractivity contribution is 5.96. The number of aromatic nitrogens is 2. The van der Waals surface area contributed by atoms with Crippen molar-refractivity contribution in [2.45, 2.75) is 6.92 Å². The Bertz CT molecular complexity index is 569. The molecule has 7 heteroatoms. The van der Waals surface area contributed by atoms with Gasteiger partial charge in [0.05, 0.1) is 10.4 Å². The molecule has 0 amide bonds. The summed E-state index contributed by atoms with van der Waals surface area (Å²) in [5.74, 6) is 6.05. The van der Waals surface area contributed by atoms with E-state index < -0.39 is 4.92 Å². The molecular formula is C9H9N5O2. The number of nitrogens with zero attached hydrogens (tertiary/aromatic N) is 3. The molecule has 2 rings (SSSR count). The Kier molecular flexibility index (Phi) is 2.37. The van der Waals surface area contributed by atoms with Gasteiger partial charge in [-0.1, -0.05) is 6.07 Å². The van der Waals surface area contributed by atoms with Crippen LogP contribution < -0.4 is 11.3 Å². The molecule has 0 bridgehead atoms. The summed E-state index contributed by atoms with van der Waals surface area (Å²) in [6.45, 7) is 1.69. The van der Waals surface area contributed by atoms with Crippen molar-refractivity contribution in [1.82, 2.24) is 9.97 Å². The summed E-state index contributed by atoms with van der Waals surface area (Å²) in [6.07, 6.45) is 0. The lowest BCUT2D eigenvalue weighted by Gasteiger charge is -2.05. The van der Waals surface area contributed by atoms with Crippen LogP contribution in [0.4, 0.5) is 11.5 Å². The summed E-state index contributed by atoms with van der Waals surface area (Å²) >= 11 is 0. The molecule has 0 saturated carbocycles. The average molecular weight is 219 g/mol. The smallest absolute Gasteiger partial charge is 0.282 e. The molecule has 0 aliphatic heterocycles. The third-order valence-electron chi connectivity index (χ3n) is 2.15. The van der Waals surface area contributed by atoms with Crippen molar-refractivity contribution >= 4 is 22.4 Å². The largest absolute Gasteiger partial charge is 0.308 e. The van der Waals surface area contributed by atoms with Crippen LogP contribution in [0, 0.1) is 17.0 Å². The number of non-ortho nitro benzene ring substituents is 1. The van der Waals surface area contributed by atoms with E-state index >= 15 is 0 Å². The molecule has 0 aliphatic carbocycles. The maximum absolute atomic E-state index is 10.8. The molecule has 1 aromatic heterocycles. The minimum Gasteiger partial charge on any atom is -0.308 e. The number of rotatable bonds is 2. The number of nitro groups is 1. The molecule has 1 aromatic carbocycles. The summed E-state index contributed by atoms with van der Waals surface area (Å²) in [4.78, 5) is 18.5. The molecule has 0 fully saturated rings. The molecule has 0 atom stereocenters. The van der Waals surface area contributed by atoms with E-state index in [1.165, 1.54) is 6.07 Å². The monoisotopic (exact) mass is 219 g/mol. The first-order valence-electron chi connectivity index (χ1n) is 4.52. The number of nitrogen functional groups attached to an aromatic ring is 1. The number of nitrogens with one attached hydrogen (secondary N) is 1. The van der Waals surface area contributed by atoms with Crippen LogP contribution in [-0.2, 0) is 0 Å². The Balaban J connectivity index is 2.89. The molecule has 0 spiro atoms. The zero-order valence-corrected chi connectivity index (χ0v) is 8.47. The zero-order valence-electron chi connectivity index (χ0n) is 8.47. The van der Waals surface area contributed by atoms with Crippen LogP contribution in [0.1, 0.15) is 5.82 Å². The summed E-state index contributed by atoms with van der Waals surface area (Å²) in [5.41, 5.74) is 2.78. The van der Waals surface area contributed by atoms with E-state index in [9.17, 15) is 10.1 Å². The fraction of sp³-hybridized carbons (Fsp3) is 0.111. The van der Waals surface area contributed by atoms with Gasteiger partial charge in [0.1, 0.15) is 11.2 Å². The predicted molar refractivity (Wildman–Crippen MR) is 58.7 cm³/mol. The highest BCUT2D eigenvalue weighted by Crippen LogP contribution is 2.29. The summed E-state index contributed by atoms with van der Waals surface area (Å²) in [5, 5.41) is 11.2. The second-order valence-corrected chi connectivity index (χ2v) is 3.19. The van der Waals surface area contributed by atoms with Gasteiger partial charge in [-0.3, -0.25) is 10.1 Å². The summed E-state index contributed by atoms with van der Waals surface area (Å²) in [6, 6.07) is 4.65. The van der Waals surface area contributed by atoms with Crippen molar-refractivity contribution in [3.8, 4) is 0 Å². The Labute approximate surface area is 90.4 Å². The standard InChI is InChI=1S/C9H9N5O2/c1-5-11-6-3-2-4-7(14(15)16)8(6)9(12-5)13-10/h2-4H,10H2,1H3,(H,11,12,13). The van der Waals surface area contributed by atoms with Gasteiger partial charge in [0.15, 0.2) is 5.82 Å². The van der Waals surface area contributed by atoms with E-state index in [4.69, 9.17) is 5.84 Å². The van der Waals surface area contributed by atoms with Gasteiger partial charge in [-0.05, 0) is 13.0 Å². The molecule has 16 heavy (non-hydrogen) atoms. The number of hydrazine groups is 1. The molecule has 82 valence electrons. The van der Waals surface area contributed by atoms with Crippen molar-refractivity contribution < 1.29 is 4.92 Å². The lowest BCUT2D eigenvalue weighted by molar-refractivity contribution is -0.383.